The van der Waals surface area contributed by atoms with Gasteiger partial charge in [-0.25, -0.2) is 9.18 Å². The first-order chi connectivity index (χ1) is 12.9. The average molecular weight is 377 g/mol. The third kappa shape index (κ3) is 4.66. The molecule has 0 bridgehead atoms. The van der Waals surface area contributed by atoms with Crippen LogP contribution in [0, 0.1) is 5.82 Å². The molecule has 2 N–H and O–H groups in total. The van der Waals surface area contributed by atoms with Gasteiger partial charge in [-0.15, -0.1) is 0 Å². The Morgan fingerprint density at radius 3 is 2.30 bits per heavy atom. The summed E-state index contributed by atoms with van der Waals surface area (Å²) in [5, 5.41) is 11.8. The molecule has 144 valence electrons. The SMILES string of the molecule is CCOc1ccc(C(=O)NC(C(=O)O)c2ccc(OC)c(F)c2)cc1OC. The molecule has 0 saturated carbocycles. The summed E-state index contributed by atoms with van der Waals surface area (Å²) in [6.07, 6.45) is 0. The summed E-state index contributed by atoms with van der Waals surface area (Å²) < 4.78 is 29.3. The number of nitrogens with one attached hydrogen (secondary N) is 1. The number of benzene rings is 2. The van der Waals surface area contributed by atoms with Crippen LogP contribution in [-0.2, 0) is 4.79 Å². The minimum atomic E-state index is -1.43. The van der Waals surface area contributed by atoms with Gasteiger partial charge in [-0.3, -0.25) is 4.79 Å². The van der Waals surface area contributed by atoms with Crippen LogP contribution in [-0.4, -0.2) is 37.8 Å². The second-order valence-corrected chi connectivity index (χ2v) is 5.44. The summed E-state index contributed by atoms with van der Waals surface area (Å²) in [7, 11) is 2.73. The van der Waals surface area contributed by atoms with Crippen molar-refractivity contribution in [1.29, 1.82) is 0 Å². The van der Waals surface area contributed by atoms with Crippen LogP contribution in [0.5, 0.6) is 17.2 Å². The van der Waals surface area contributed by atoms with Crippen LogP contribution in [0.1, 0.15) is 28.9 Å². The Bertz CT molecular complexity index is 839. The number of ether oxygens (including phenoxy) is 3. The molecule has 2 aromatic carbocycles. The van der Waals surface area contributed by atoms with Crippen LogP contribution in [0.25, 0.3) is 0 Å². The Labute approximate surface area is 155 Å². The van der Waals surface area contributed by atoms with Gasteiger partial charge >= 0.3 is 5.97 Å². The predicted molar refractivity (Wildman–Crippen MR) is 95.0 cm³/mol. The molecule has 0 radical (unpaired) electrons. The van der Waals surface area contributed by atoms with Crippen molar-refractivity contribution in [2.24, 2.45) is 0 Å². The van der Waals surface area contributed by atoms with Crippen molar-refractivity contribution in [2.45, 2.75) is 13.0 Å². The third-order valence-corrected chi connectivity index (χ3v) is 3.76. The number of hydrogen-bond acceptors (Lipinski definition) is 5. The van der Waals surface area contributed by atoms with E-state index in [0.29, 0.717) is 18.1 Å². The Kier molecular flexibility index (Phi) is 6.59. The molecule has 8 heteroatoms. The van der Waals surface area contributed by atoms with Crippen LogP contribution < -0.4 is 19.5 Å². The second-order valence-electron chi connectivity index (χ2n) is 5.44. The first-order valence-electron chi connectivity index (χ1n) is 8.09. The van der Waals surface area contributed by atoms with Crippen LogP contribution in [0.3, 0.4) is 0 Å². The normalized spacial score (nSPS) is 11.4. The van der Waals surface area contributed by atoms with Gasteiger partial charge < -0.3 is 24.6 Å². The minimum absolute atomic E-state index is 0.0227. The van der Waals surface area contributed by atoms with Gasteiger partial charge in [-0.1, -0.05) is 6.07 Å². The molecule has 1 atom stereocenters. The van der Waals surface area contributed by atoms with Gasteiger partial charge in [0.2, 0.25) is 0 Å². The maximum Gasteiger partial charge on any atom is 0.330 e. The van der Waals surface area contributed by atoms with Crippen LogP contribution in [0.4, 0.5) is 4.39 Å². The van der Waals surface area contributed by atoms with E-state index in [4.69, 9.17) is 14.2 Å². The number of carboxylic acid groups (broad SMARTS) is 1. The Balaban J connectivity index is 2.27. The lowest BCUT2D eigenvalue weighted by atomic mass is 10.1. The summed E-state index contributed by atoms with van der Waals surface area (Å²) in [6.45, 7) is 2.23. The number of hydrogen-bond donors (Lipinski definition) is 2. The maximum absolute atomic E-state index is 13.9. The molecule has 2 aromatic rings. The molecule has 0 aliphatic heterocycles. The predicted octanol–water partition coefficient (Wildman–Crippen LogP) is 2.80. The molecule has 0 saturated heterocycles. The number of methoxy groups -OCH3 is 2. The molecule has 0 aromatic heterocycles. The fourth-order valence-electron chi connectivity index (χ4n) is 2.45. The Morgan fingerprint density at radius 1 is 1.07 bits per heavy atom. The largest absolute Gasteiger partial charge is 0.494 e. The molecule has 1 unspecified atom stereocenters. The quantitative estimate of drug-likeness (QED) is 0.735. The third-order valence-electron chi connectivity index (χ3n) is 3.76. The fourth-order valence-corrected chi connectivity index (χ4v) is 2.45. The van der Waals surface area contributed by atoms with Crippen molar-refractivity contribution in [3.05, 3.63) is 53.3 Å². The summed E-state index contributed by atoms with van der Waals surface area (Å²) in [6, 6.07) is 6.73. The monoisotopic (exact) mass is 377 g/mol. The summed E-state index contributed by atoms with van der Waals surface area (Å²) in [5.41, 5.74) is 0.252. The smallest absolute Gasteiger partial charge is 0.330 e. The lowest BCUT2D eigenvalue weighted by Gasteiger charge is -2.16. The molecular formula is C19H20FNO6. The molecule has 27 heavy (non-hydrogen) atoms. The van der Waals surface area contributed by atoms with E-state index in [9.17, 15) is 19.1 Å². The van der Waals surface area contributed by atoms with Gasteiger partial charge in [0.25, 0.3) is 5.91 Å². The molecule has 0 spiro atoms. The first kappa shape index (κ1) is 20.0. The molecule has 7 nitrogen and oxygen atoms in total. The van der Waals surface area contributed by atoms with Gasteiger partial charge in [0.1, 0.15) is 0 Å². The minimum Gasteiger partial charge on any atom is -0.494 e. The van der Waals surface area contributed by atoms with E-state index in [1.165, 1.54) is 38.5 Å². The topological polar surface area (TPSA) is 94.1 Å². The number of rotatable bonds is 8. The van der Waals surface area contributed by atoms with Gasteiger partial charge in [-0.05, 0) is 42.8 Å². The van der Waals surface area contributed by atoms with E-state index in [1.54, 1.807) is 6.07 Å². The Hall–Kier alpha value is -3.29. The first-order valence-corrected chi connectivity index (χ1v) is 8.09. The van der Waals surface area contributed by atoms with Crippen LogP contribution in [0.15, 0.2) is 36.4 Å². The highest BCUT2D eigenvalue weighted by molar-refractivity contribution is 5.97. The highest BCUT2D eigenvalue weighted by atomic mass is 19.1. The van der Waals surface area contributed by atoms with E-state index in [2.05, 4.69) is 5.32 Å². The number of amides is 1. The lowest BCUT2D eigenvalue weighted by molar-refractivity contribution is -0.139. The zero-order chi connectivity index (χ0) is 20.0. The molecule has 0 heterocycles. The average Bonchev–Trinajstić information content (AvgIpc) is 2.66. The zero-order valence-electron chi connectivity index (χ0n) is 15.1. The van der Waals surface area contributed by atoms with Gasteiger partial charge in [-0.2, -0.15) is 0 Å². The van der Waals surface area contributed by atoms with E-state index < -0.39 is 23.7 Å². The van der Waals surface area contributed by atoms with Crippen molar-refractivity contribution in [3.8, 4) is 17.2 Å². The van der Waals surface area contributed by atoms with E-state index >= 15 is 0 Å². The van der Waals surface area contributed by atoms with Gasteiger partial charge in [0.15, 0.2) is 29.1 Å². The molecule has 2 rings (SSSR count). The van der Waals surface area contributed by atoms with Gasteiger partial charge in [0.05, 0.1) is 20.8 Å². The van der Waals surface area contributed by atoms with Crippen LogP contribution >= 0.6 is 0 Å². The number of halogens is 1. The van der Waals surface area contributed by atoms with E-state index in [0.717, 1.165) is 6.07 Å². The van der Waals surface area contributed by atoms with Crippen molar-refractivity contribution in [1.82, 2.24) is 5.32 Å². The molecule has 0 aliphatic carbocycles. The number of aliphatic carboxylic acids is 1. The summed E-state index contributed by atoms with van der Waals surface area (Å²) >= 11 is 0. The van der Waals surface area contributed by atoms with Crippen molar-refractivity contribution in [2.75, 3.05) is 20.8 Å². The number of carbonyl (C=O) groups is 2. The molecule has 1 amide bonds. The highest BCUT2D eigenvalue weighted by Gasteiger charge is 2.24. The second kappa shape index (κ2) is 8.88. The molecular weight excluding hydrogens is 357 g/mol. The van der Waals surface area contributed by atoms with Crippen molar-refractivity contribution < 1.29 is 33.3 Å². The standard InChI is InChI=1S/C19H20FNO6/c1-4-27-15-8-6-12(10-16(15)26-3)18(22)21-17(19(23)24)11-5-7-14(25-2)13(20)9-11/h5-10,17H,4H2,1-3H3,(H,21,22)(H,23,24). The number of carbonyl (C=O) groups excluding carboxylic acids is 1. The summed E-state index contributed by atoms with van der Waals surface area (Å²) in [5.74, 6) is -1.93. The van der Waals surface area contributed by atoms with E-state index in [-0.39, 0.29) is 16.9 Å². The molecule has 0 fully saturated rings. The fraction of sp³-hybridized carbons (Fsp3) is 0.263. The number of carboxylic acids is 1. The zero-order valence-corrected chi connectivity index (χ0v) is 15.1. The lowest BCUT2D eigenvalue weighted by Crippen LogP contribution is -2.33. The van der Waals surface area contributed by atoms with Gasteiger partial charge in [0, 0.05) is 5.56 Å². The van der Waals surface area contributed by atoms with Crippen molar-refractivity contribution in [3.63, 3.8) is 0 Å². The van der Waals surface area contributed by atoms with Crippen molar-refractivity contribution >= 4 is 11.9 Å². The highest BCUT2D eigenvalue weighted by Crippen LogP contribution is 2.28. The maximum atomic E-state index is 13.9. The van der Waals surface area contributed by atoms with Crippen LogP contribution in [0.2, 0.25) is 0 Å². The molecule has 0 aliphatic rings. The van der Waals surface area contributed by atoms with E-state index in [1.807, 2.05) is 6.92 Å². The Morgan fingerprint density at radius 2 is 1.74 bits per heavy atom. The summed E-state index contributed by atoms with van der Waals surface area (Å²) in [4.78, 5) is 24.1.